The second-order valence-electron chi connectivity index (χ2n) is 2.60. The Balaban J connectivity index is 2.62. The van der Waals surface area contributed by atoms with Gasteiger partial charge in [-0.15, -0.1) is 11.3 Å². The van der Waals surface area contributed by atoms with Gasteiger partial charge in [0.05, 0.1) is 11.6 Å². The second-order valence-corrected chi connectivity index (χ2v) is 3.54. The molecule has 0 radical (unpaired) electrons. The minimum absolute atomic E-state index is 0.318. The van der Waals surface area contributed by atoms with Crippen LogP contribution in [0.2, 0.25) is 0 Å². The molecule has 3 nitrogen and oxygen atoms in total. The van der Waals surface area contributed by atoms with Gasteiger partial charge in [-0.3, -0.25) is 0 Å². The highest BCUT2D eigenvalue weighted by atomic mass is 32.1. The van der Waals surface area contributed by atoms with E-state index in [1.807, 2.05) is 0 Å². The number of aromatic nitrogens is 1. The molecule has 0 bridgehead atoms. The Labute approximate surface area is 81.8 Å². The van der Waals surface area contributed by atoms with Gasteiger partial charge in [0.25, 0.3) is 0 Å². The van der Waals surface area contributed by atoms with Gasteiger partial charge >= 0.3 is 5.97 Å². The topological polar surface area (TPSA) is 39.2 Å². The quantitative estimate of drug-likeness (QED) is 0.698. The van der Waals surface area contributed by atoms with Gasteiger partial charge in [-0.25, -0.2) is 9.78 Å². The van der Waals surface area contributed by atoms with Crippen molar-refractivity contribution >= 4 is 17.3 Å². The van der Waals surface area contributed by atoms with E-state index >= 15 is 0 Å². The van der Waals surface area contributed by atoms with Gasteiger partial charge in [-0.1, -0.05) is 6.92 Å². The van der Waals surface area contributed by atoms with Crippen LogP contribution in [0.1, 0.15) is 35.8 Å². The summed E-state index contributed by atoms with van der Waals surface area (Å²) in [4.78, 5) is 15.3. The first-order valence-electron chi connectivity index (χ1n) is 4.39. The third kappa shape index (κ3) is 2.81. The van der Waals surface area contributed by atoms with E-state index in [0.717, 1.165) is 17.8 Å². The van der Waals surface area contributed by atoms with Crippen molar-refractivity contribution in [2.24, 2.45) is 0 Å². The number of hydrogen-bond donors (Lipinski definition) is 0. The van der Waals surface area contributed by atoms with Crippen molar-refractivity contribution < 1.29 is 9.53 Å². The Hall–Kier alpha value is -0.900. The fraction of sp³-hybridized carbons (Fsp3) is 0.556. The van der Waals surface area contributed by atoms with Crippen LogP contribution in [0.15, 0.2) is 5.38 Å². The van der Waals surface area contributed by atoms with Crippen molar-refractivity contribution in [1.82, 2.24) is 4.98 Å². The maximum atomic E-state index is 11.2. The van der Waals surface area contributed by atoms with Crippen molar-refractivity contribution in [1.29, 1.82) is 0 Å². The summed E-state index contributed by atoms with van der Waals surface area (Å²) in [5.41, 5.74) is 0.440. The predicted molar refractivity (Wildman–Crippen MR) is 52.1 cm³/mol. The molecular formula is C9H13NO2S. The molecule has 0 aliphatic rings. The van der Waals surface area contributed by atoms with Crippen LogP contribution in [0.3, 0.4) is 0 Å². The number of carbonyl (C=O) groups is 1. The molecule has 4 heteroatoms. The summed E-state index contributed by atoms with van der Waals surface area (Å²) >= 11 is 1.52. The van der Waals surface area contributed by atoms with E-state index in [-0.39, 0.29) is 5.97 Å². The van der Waals surface area contributed by atoms with Gasteiger partial charge in [-0.2, -0.15) is 0 Å². The van der Waals surface area contributed by atoms with Crippen LogP contribution < -0.4 is 0 Å². The van der Waals surface area contributed by atoms with E-state index in [1.54, 1.807) is 12.3 Å². The molecule has 0 aliphatic heterocycles. The molecule has 0 saturated heterocycles. The lowest BCUT2D eigenvalue weighted by molar-refractivity contribution is 0.0520. The van der Waals surface area contributed by atoms with Crippen LogP contribution in [0, 0.1) is 0 Å². The van der Waals surface area contributed by atoms with E-state index < -0.39 is 0 Å². The molecule has 0 spiro atoms. The van der Waals surface area contributed by atoms with Crippen molar-refractivity contribution in [2.45, 2.75) is 26.7 Å². The molecule has 0 aromatic carbocycles. The summed E-state index contributed by atoms with van der Waals surface area (Å²) in [7, 11) is 0. The Morgan fingerprint density at radius 3 is 3.00 bits per heavy atom. The largest absolute Gasteiger partial charge is 0.461 e. The van der Waals surface area contributed by atoms with E-state index in [1.165, 1.54) is 11.3 Å². The summed E-state index contributed by atoms with van der Waals surface area (Å²) in [5.74, 6) is -0.318. The number of carbonyl (C=O) groups excluding carboxylic acids is 1. The molecule has 13 heavy (non-hydrogen) atoms. The van der Waals surface area contributed by atoms with Crippen LogP contribution in [0.5, 0.6) is 0 Å². The van der Waals surface area contributed by atoms with Crippen molar-refractivity contribution in [3.05, 3.63) is 16.1 Å². The number of ether oxygens (including phenoxy) is 1. The first-order chi connectivity index (χ1) is 6.27. The zero-order valence-corrected chi connectivity index (χ0v) is 8.69. The highest BCUT2D eigenvalue weighted by molar-refractivity contribution is 7.09. The molecule has 0 atom stereocenters. The lowest BCUT2D eigenvalue weighted by Crippen LogP contribution is -2.04. The summed E-state index contributed by atoms with van der Waals surface area (Å²) < 4.78 is 4.82. The maximum absolute atomic E-state index is 11.2. The molecule has 1 aromatic rings. The maximum Gasteiger partial charge on any atom is 0.357 e. The molecule has 0 aliphatic carbocycles. The molecule has 0 saturated carbocycles. The van der Waals surface area contributed by atoms with Crippen molar-refractivity contribution in [3.8, 4) is 0 Å². The Bertz CT molecular complexity index is 283. The number of nitrogens with zero attached hydrogens (tertiary/aromatic N) is 1. The average molecular weight is 199 g/mol. The number of thiazole rings is 1. The van der Waals surface area contributed by atoms with Crippen LogP contribution in [0.25, 0.3) is 0 Å². The third-order valence-corrected chi connectivity index (χ3v) is 2.41. The molecule has 1 rings (SSSR count). The molecule has 0 N–H and O–H groups in total. The molecule has 0 unspecified atom stereocenters. The van der Waals surface area contributed by atoms with E-state index in [0.29, 0.717) is 12.3 Å². The van der Waals surface area contributed by atoms with E-state index in [9.17, 15) is 4.79 Å². The van der Waals surface area contributed by atoms with Gasteiger partial charge in [0.15, 0.2) is 5.69 Å². The summed E-state index contributed by atoms with van der Waals surface area (Å²) in [6.07, 6.45) is 1.99. The summed E-state index contributed by atoms with van der Waals surface area (Å²) in [6, 6.07) is 0. The van der Waals surface area contributed by atoms with Crippen molar-refractivity contribution in [2.75, 3.05) is 6.61 Å². The van der Waals surface area contributed by atoms with Crippen LogP contribution in [-0.2, 0) is 11.2 Å². The number of rotatable bonds is 4. The standard InChI is InChI=1S/C9H13NO2S/c1-3-5-8-10-7(6-13-8)9(11)12-4-2/h6H,3-5H2,1-2H3. The predicted octanol–water partition coefficient (Wildman–Crippen LogP) is 2.27. The molecule has 1 heterocycles. The van der Waals surface area contributed by atoms with Gasteiger partial charge in [0, 0.05) is 5.38 Å². The van der Waals surface area contributed by atoms with Gasteiger partial charge in [0.1, 0.15) is 0 Å². The number of esters is 1. The fourth-order valence-electron chi connectivity index (χ4n) is 0.938. The van der Waals surface area contributed by atoms with E-state index in [4.69, 9.17) is 4.74 Å². The normalized spacial score (nSPS) is 10.0. The van der Waals surface area contributed by atoms with Gasteiger partial charge in [0.2, 0.25) is 0 Å². The summed E-state index contributed by atoms with van der Waals surface area (Å²) in [6.45, 7) is 4.28. The second kappa shape index (κ2) is 4.97. The minimum atomic E-state index is -0.318. The fourth-order valence-corrected chi connectivity index (χ4v) is 1.81. The molecule has 0 amide bonds. The third-order valence-electron chi connectivity index (χ3n) is 1.50. The minimum Gasteiger partial charge on any atom is -0.461 e. The Morgan fingerprint density at radius 1 is 1.62 bits per heavy atom. The lowest BCUT2D eigenvalue weighted by atomic mass is 10.3. The monoisotopic (exact) mass is 199 g/mol. The van der Waals surface area contributed by atoms with Crippen molar-refractivity contribution in [3.63, 3.8) is 0 Å². The van der Waals surface area contributed by atoms with E-state index in [2.05, 4.69) is 11.9 Å². The molecule has 1 aromatic heterocycles. The van der Waals surface area contributed by atoms with Gasteiger partial charge in [-0.05, 0) is 19.8 Å². The lowest BCUT2D eigenvalue weighted by Gasteiger charge is -1.95. The molecule has 72 valence electrons. The first-order valence-corrected chi connectivity index (χ1v) is 5.27. The summed E-state index contributed by atoms with van der Waals surface area (Å²) in [5, 5.41) is 2.76. The number of aryl methyl sites for hydroxylation is 1. The highest BCUT2D eigenvalue weighted by Gasteiger charge is 2.10. The van der Waals surface area contributed by atoms with Crippen LogP contribution >= 0.6 is 11.3 Å². The smallest absolute Gasteiger partial charge is 0.357 e. The van der Waals surface area contributed by atoms with Crippen LogP contribution in [0.4, 0.5) is 0 Å². The first kappa shape index (κ1) is 10.2. The molecule has 0 fully saturated rings. The average Bonchev–Trinajstić information content (AvgIpc) is 2.54. The van der Waals surface area contributed by atoms with Crippen LogP contribution in [-0.4, -0.2) is 17.6 Å². The highest BCUT2D eigenvalue weighted by Crippen LogP contribution is 2.12. The Morgan fingerprint density at radius 2 is 2.38 bits per heavy atom. The zero-order valence-electron chi connectivity index (χ0n) is 7.87. The number of hydrogen-bond acceptors (Lipinski definition) is 4. The zero-order chi connectivity index (χ0) is 9.68. The Kier molecular flexibility index (Phi) is 3.89. The SMILES string of the molecule is CCCc1nc(C(=O)OCC)cs1. The molecular weight excluding hydrogens is 186 g/mol. The van der Waals surface area contributed by atoms with Gasteiger partial charge < -0.3 is 4.74 Å².